The molecule has 0 saturated carbocycles. The van der Waals surface area contributed by atoms with Crippen LogP contribution in [0.5, 0.6) is 5.75 Å². The van der Waals surface area contributed by atoms with Crippen LogP contribution in [0.2, 0.25) is 0 Å². The van der Waals surface area contributed by atoms with E-state index in [1.54, 1.807) is 6.07 Å². The number of ether oxygens (including phenoxy) is 1. The normalized spacial score (nSPS) is 10.6. The predicted molar refractivity (Wildman–Crippen MR) is 61.8 cm³/mol. The number of hydrogen-bond donors (Lipinski definition) is 1. The smallest absolute Gasteiger partial charge is 0.336 e. The highest BCUT2D eigenvalue weighted by molar-refractivity contribution is 5.81. The third kappa shape index (κ3) is 2.06. The Morgan fingerprint density at radius 1 is 1.38 bits per heavy atom. The molecule has 0 aliphatic rings. The fourth-order valence-corrected chi connectivity index (χ4v) is 1.57. The molecule has 1 aromatic heterocycles. The Bertz CT molecular complexity index is 560. The van der Waals surface area contributed by atoms with Crippen LogP contribution >= 0.6 is 0 Å². The van der Waals surface area contributed by atoms with Gasteiger partial charge in [0.2, 0.25) is 0 Å². The second-order valence-corrected chi connectivity index (χ2v) is 3.54. The summed E-state index contributed by atoms with van der Waals surface area (Å²) in [5.41, 5.74) is 6.43. The summed E-state index contributed by atoms with van der Waals surface area (Å²) in [5, 5.41) is 0.916. The van der Waals surface area contributed by atoms with Crippen LogP contribution in [0.25, 0.3) is 11.0 Å². The van der Waals surface area contributed by atoms with Gasteiger partial charge in [0, 0.05) is 24.1 Å². The SMILES string of the molecule is Cc1cc(=O)oc2cc(OCCN)ccc12. The van der Waals surface area contributed by atoms with Gasteiger partial charge in [-0.2, -0.15) is 0 Å². The van der Waals surface area contributed by atoms with Crippen molar-refractivity contribution in [1.29, 1.82) is 0 Å². The van der Waals surface area contributed by atoms with Crippen LogP contribution in [0.1, 0.15) is 5.56 Å². The number of fused-ring (bicyclic) bond motifs is 1. The average Bonchev–Trinajstić information content (AvgIpc) is 2.25. The Labute approximate surface area is 92.6 Å². The van der Waals surface area contributed by atoms with Crippen LogP contribution in [0.15, 0.2) is 33.5 Å². The molecule has 1 aromatic carbocycles. The minimum absolute atomic E-state index is 0.346. The summed E-state index contributed by atoms with van der Waals surface area (Å²) in [6, 6.07) is 6.90. The maximum Gasteiger partial charge on any atom is 0.336 e. The Morgan fingerprint density at radius 3 is 2.94 bits per heavy atom. The molecular formula is C12H13NO3. The second kappa shape index (κ2) is 4.37. The van der Waals surface area contributed by atoms with E-state index in [0.717, 1.165) is 10.9 Å². The van der Waals surface area contributed by atoms with Crippen molar-refractivity contribution in [2.75, 3.05) is 13.2 Å². The first kappa shape index (κ1) is 10.7. The summed E-state index contributed by atoms with van der Waals surface area (Å²) in [5.74, 6) is 0.659. The molecule has 2 aromatic rings. The van der Waals surface area contributed by atoms with Crippen LogP contribution in [-0.4, -0.2) is 13.2 Å². The zero-order chi connectivity index (χ0) is 11.5. The monoisotopic (exact) mass is 219 g/mol. The maximum atomic E-state index is 11.2. The van der Waals surface area contributed by atoms with Crippen LogP contribution in [0.3, 0.4) is 0 Å². The number of nitrogens with two attached hydrogens (primary N) is 1. The third-order valence-corrected chi connectivity index (χ3v) is 2.31. The molecule has 4 heteroatoms. The average molecular weight is 219 g/mol. The molecule has 2 N–H and O–H groups in total. The lowest BCUT2D eigenvalue weighted by Gasteiger charge is -2.05. The Kier molecular flexibility index (Phi) is 2.92. The number of aryl methyl sites for hydroxylation is 1. The van der Waals surface area contributed by atoms with Crippen molar-refractivity contribution in [1.82, 2.24) is 0 Å². The van der Waals surface area contributed by atoms with Crippen LogP contribution in [-0.2, 0) is 0 Å². The fourth-order valence-electron chi connectivity index (χ4n) is 1.57. The van der Waals surface area contributed by atoms with Crippen molar-refractivity contribution in [3.8, 4) is 5.75 Å². The van der Waals surface area contributed by atoms with Gasteiger partial charge in [-0.05, 0) is 24.6 Å². The van der Waals surface area contributed by atoms with Gasteiger partial charge in [0.05, 0.1) is 0 Å². The minimum atomic E-state index is -0.346. The van der Waals surface area contributed by atoms with Gasteiger partial charge >= 0.3 is 5.63 Å². The van der Waals surface area contributed by atoms with Crippen molar-refractivity contribution in [3.63, 3.8) is 0 Å². The van der Waals surface area contributed by atoms with E-state index in [0.29, 0.717) is 24.5 Å². The van der Waals surface area contributed by atoms with Gasteiger partial charge in [0.25, 0.3) is 0 Å². The molecule has 84 valence electrons. The topological polar surface area (TPSA) is 65.5 Å². The van der Waals surface area contributed by atoms with E-state index in [4.69, 9.17) is 14.9 Å². The van der Waals surface area contributed by atoms with E-state index >= 15 is 0 Å². The van der Waals surface area contributed by atoms with Gasteiger partial charge in [-0.3, -0.25) is 0 Å². The van der Waals surface area contributed by atoms with Crippen molar-refractivity contribution in [2.45, 2.75) is 6.92 Å². The van der Waals surface area contributed by atoms with Gasteiger partial charge in [-0.25, -0.2) is 4.79 Å². The quantitative estimate of drug-likeness (QED) is 0.793. The summed E-state index contributed by atoms with van der Waals surface area (Å²) in [6.45, 7) is 2.77. The molecule has 0 radical (unpaired) electrons. The summed E-state index contributed by atoms with van der Waals surface area (Å²) in [7, 11) is 0. The van der Waals surface area contributed by atoms with Crippen molar-refractivity contribution < 1.29 is 9.15 Å². The zero-order valence-corrected chi connectivity index (χ0v) is 9.03. The summed E-state index contributed by atoms with van der Waals surface area (Å²) >= 11 is 0. The third-order valence-electron chi connectivity index (χ3n) is 2.31. The van der Waals surface area contributed by atoms with Crippen molar-refractivity contribution in [2.24, 2.45) is 5.73 Å². The van der Waals surface area contributed by atoms with E-state index in [-0.39, 0.29) is 5.63 Å². The first-order chi connectivity index (χ1) is 7.70. The Morgan fingerprint density at radius 2 is 2.19 bits per heavy atom. The molecule has 0 saturated heterocycles. The summed E-state index contributed by atoms with van der Waals surface area (Å²) in [6.07, 6.45) is 0. The number of benzene rings is 1. The lowest BCUT2D eigenvalue weighted by molar-refractivity contribution is 0.328. The maximum absolute atomic E-state index is 11.2. The molecule has 0 aliphatic heterocycles. The number of rotatable bonds is 3. The molecule has 0 unspecified atom stereocenters. The molecular weight excluding hydrogens is 206 g/mol. The number of hydrogen-bond acceptors (Lipinski definition) is 4. The largest absolute Gasteiger partial charge is 0.492 e. The van der Waals surface area contributed by atoms with Crippen LogP contribution in [0, 0.1) is 6.92 Å². The Hall–Kier alpha value is -1.81. The van der Waals surface area contributed by atoms with Gasteiger partial charge < -0.3 is 14.9 Å². The molecule has 4 nitrogen and oxygen atoms in total. The molecule has 0 amide bonds. The molecule has 0 fully saturated rings. The van der Waals surface area contributed by atoms with Crippen molar-refractivity contribution >= 4 is 11.0 Å². The van der Waals surface area contributed by atoms with Crippen LogP contribution in [0.4, 0.5) is 0 Å². The molecule has 1 heterocycles. The van der Waals surface area contributed by atoms with Gasteiger partial charge in [-0.15, -0.1) is 0 Å². The molecule has 0 atom stereocenters. The molecule has 16 heavy (non-hydrogen) atoms. The highest BCUT2D eigenvalue weighted by Gasteiger charge is 2.03. The molecule has 0 spiro atoms. The van der Waals surface area contributed by atoms with Gasteiger partial charge in [-0.1, -0.05) is 0 Å². The highest BCUT2D eigenvalue weighted by Crippen LogP contribution is 2.21. The van der Waals surface area contributed by atoms with Gasteiger partial charge in [0.15, 0.2) is 0 Å². The fraction of sp³-hybridized carbons (Fsp3) is 0.250. The minimum Gasteiger partial charge on any atom is -0.492 e. The van der Waals surface area contributed by atoms with E-state index in [9.17, 15) is 4.79 Å². The first-order valence-electron chi connectivity index (χ1n) is 5.08. The van der Waals surface area contributed by atoms with Gasteiger partial charge in [0.1, 0.15) is 17.9 Å². The van der Waals surface area contributed by atoms with E-state index in [1.165, 1.54) is 6.07 Å². The van der Waals surface area contributed by atoms with Crippen molar-refractivity contribution in [3.05, 3.63) is 40.2 Å². The summed E-state index contributed by atoms with van der Waals surface area (Å²) < 4.78 is 10.5. The lowest BCUT2D eigenvalue weighted by atomic mass is 10.1. The molecule has 2 rings (SSSR count). The van der Waals surface area contributed by atoms with Crippen LogP contribution < -0.4 is 16.1 Å². The van der Waals surface area contributed by atoms with E-state index < -0.39 is 0 Å². The van der Waals surface area contributed by atoms with E-state index in [1.807, 2.05) is 19.1 Å². The molecule has 0 aliphatic carbocycles. The summed E-state index contributed by atoms with van der Waals surface area (Å²) in [4.78, 5) is 11.2. The standard InChI is InChI=1S/C12H13NO3/c1-8-6-12(14)16-11-7-9(15-5-4-13)2-3-10(8)11/h2-3,6-7H,4-5,13H2,1H3. The zero-order valence-electron chi connectivity index (χ0n) is 9.03. The first-order valence-corrected chi connectivity index (χ1v) is 5.08. The lowest BCUT2D eigenvalue weighted by Crippen LogP contribution is -2.10. The second-order valence-electron chi connectivity index (χ2n) is 3.54. The Balaban J connectivity index is 2.49. The molecule has 0 bridgehead atoms. The predicted octanol–water partition coefficient (Wildman–Crippen LogP) is 1.44. The highest BCUT2D eigenvalue weighted by atomic mass is 16.5. The van der Waals surface area contributed by atoms with E-state index in [2.05, 4.69) is 0 Å².